The molecule has 1 aliphatic rings. The van der Waals surface area contributed by atoms with Crippen LogP contribution in [0.15, 0.2) is 42.7 Å². The summed E-state index contributed by atoms with van der Waals surface area (Å²) >= 11 is 0. The largest absolute Gasteiger partial charge is 0.495 e. The Morgan fingerprint density at radius 2 is 1.98 bits per heavy atom. The Hall–Kier alpha value is -4.77. The van der Waals surface area contributed by atoms with E-state index in [1.165, 1.54) is 19.5 Å². The number of hydrogen-bond donors (Lipinski definition) is 2. The van der Waals surface area contributed by atoms with Crippen LogP contribution in [-0.4, -0.2) is 57.3 Å². The maximum absolute atomic E-state index is 14.5. The average molecular weight is 569 g/mol. The van der Waals surface area contributed by atoms with Crippen LogP contribution in [0.4, 0.5) is 29.1 Å². The second kappa shape index (κ2) is 11.0. The number of nitriles is 1. The van der Waals surface area contributed by atoms with Crippen molar-refractivity contribution in [3.05, 3.63) is 59.7 Å². The number of anilines is 2. The van der Waals surface area contributed by atoms with E-state index >= 15 is 0 Å². The Morgan fingerprint density at radius 1 is 1.22 bits per heavy atom. The molecule has 14 heteroatoms. The number of nitrogens with one attached hydrogen (secondary N) is 1. The molecule has 1 aliphatic heterocycles. The number of likely N-dealkylation sites (tertiary alicyclic amines) is 1. The molecule has 0 radical (unpaired) electrons. The number of alkyl halides is 3. The topological polar surface area (TPSA) is 135 Å². The molecule has 10 nitrogen and oxygen atoms in total. The Bertz CT molecular complexity index is 1660. The Morgan fingerprint density at radius 3 is 2.66 bits per heavy atom. The van der Waals surface area contributed by atoms with Gasteiger partial charge in [-0.05, 0) is 37.1 Å². The van der Waals surface area contributed by atoms with Gasteiger partial charge in [-0.2, -0.15) is 23.5 Å². The van der Waals surface area contributed by atoms with E-state index < -0.39 is 29.0 Å². The first-order valence-electron chi connectivity index (χ1n) is 12.6. The molecule has 1 saturated heterocycles. The first-order chi connectivity index (χ1) is 19.6. The number of carbonyl (C=O) groups excluding carboxylic acids is 1. The summed E-state index contributed by atoms with van der Waals surface area (Å²) in [6.45, 7) is 1.81. The molecular weight excluding hydrogens is 544 g/mol. The monoisotopic (exact) mass is 568 g/mol. The zero-order valence-corrected chi connectivity index (χ0v) is 21.7. The van der Waals surface area contributed by atoms with Crippen molar-refractivity contribution in [2.75, 3.05) is 37.8 Å². The minimum Gasteiger partial charge on any atom is -0.495 e. The SMILES string of the molecule is COc1cc(-c2nn(C3CCN(CC#N)CC3)c3ncnc(N)c23)ccc1NC(=O)c1cccc(C(F)(F)F)c1F. The third kappa shape index (κ3) is 5.36. The van der Waals surface area contributed by atoms with Crippen LogP contribution < -0.4 is 15.8 Å². The number of aromatic nitrogens is 4. The quantitative estimate of drug-likeness (QED) is 0.253. The maximum atomic E-state index is 14.5. The molecule has 4 aromatic rings. The van der Waals surface area contributed by atoms with Crippen molar-refractivity contribution in [3.63, 3.8) is 0 Å². The van der Waals surface area contributed by atoms with E-state index in [4.69, 9.17) is 20.8 Å². The third-order valence-corrected chi connectivity index (χ3v) is 6.99. The predicted octanol–water partition coefficient (Wildman–Crippen LogP) is 4.65. The highest BCUT2D eigenvalue weighted by molar-refractivity contribution is 6.06. The van der Waals surface area contributed by atoms with E-state index in [-0.39, 0.29) is 23.3 Å². The van der Waals surface area contributed by atoms with Gasteiger partial charge >= 0.3 is 6.18 Å². The lowest BCUT2D eigenvalue weighted by Gasteiger charge is -2.30. The van der Waals surface area contributed by atoms with Crippen molar-refractivity contribution in [1.82, 2.24) is 24.6 Å². The molecule has 0 unspecified atom stereocenters. The van der Waals surface area contributed by atoms with Crippen LogP contribution in [-0.2, 0) is 6.18 Å². The van der Waals surface area contributed by atoms with Gasteiger partial charge < -0.3 is 15.8 Å². The molecule has 0 atom stereocenters. The van der Waals surface area contributed by atoms with Crippen LogP contribution >= 0.6 is 0 Å². The van der Waals surface area contributed by atoms with Crippen molar-refractivity contribution in [2.24, 2.45) is 0 Å². The van der Waals surface area contributed by atoms with Crippen molar-refractivity contribution in [3.8, 4) is 23.1 Å². The van der Waals surface area contributed by atoms with Gasteiger partial charge in [0.1, 0.15) is 29.4 Å². The minimum absolute atomic E-state index is 0.0123. The van der Waals surface area contributed by atoms with Gasteiger partial charge in [-0.15, -0.1) is 0 Å². The number of piperidine rings is 1. The highest BCUT2D eigenvalue weighted by atomic mass is 19.4. The zero-order valence-electron chi connectivity index (χ0n) is 21.7. The highest BCUT2D eigenvalue weighted by Gasteiger charge is 2.36. The molecule has 1 amide bonds. The minimum atomic E-state index is -4.95. The Kier molecular flexibility index (Phi) is 7.46. The fourth-order valence-corrected chi connectivity index (χ4v) is 4.93. The number of nitrogens with zero attached hydrogens (tertiary/aromatic N) is 6. The van der Waals surface area contributed by atoms with E-state index in [9.17, 15) is 22.4 Å². The normalized spacial score (nSPS) is 14.6. The van der Waals surface area contributed by atoms with Crippen LogP contribution in [0.5, 0.6) is 5.75 Å². The van der Waals surface area contributed by atoms with Crippen molar-refractivity contribution in [1.29, 1.82) is 5.26 Å². The molecular formula is C27H24F4N8O2. The van der Waals surface area contributed by atoms with Crippen LogP contribution in [0, 0.1) is 17.1 Å². The number of hydrogen-bond acceptors (Lipinski definition) is 8. The van der Waals surface area contributed by atoms with Crippen molar-refractivity contribution in [2.45, 2.75) is 25.1 Å². The van der Waals surface area contributed by atoms with Gasteiger partial charge in [0.2, 0.25) is 0 Å². The fraction of sp³-hybridized carbons (Fsp3) is 0.296. The summed E-state index contributed by atoms with van der Waals surface area (Å²) in [4.78, 5) is 23.4. The molecule has 2 aromatic heterocycles. The lowest BCUT2D eigenvalue weighted by molar-refractivity contribution is -0.140. The van der Waals surface area contributed by atoms with E-state index in [0.717, 1.165) is 38.1 Å². The highest BCUT2D eigenvalue weighted by Crippen LogP contribution is 2.38. The molecule has 212 valence electrons. The third-order valence-electron chi connectivity index (χ3n) is 6.99. The Balaban J connectivity index is 1.48. The van der Waals surface area contributed by atoms with Crippen molar-refractivity contribution < 1.29 is 27.1 Å². The second-order valence-electron chi connectivity index (χ2n) is 9.45. The summed E-state index contributed by atoms with van der Waals surface area (Å²) in [7, 11) is 1.35. The van der Waals surface area contributed by atoms with E-state index in [1.54, 1.807) is 12.1 Å². The summed E-state index contributed by atoms with van der Waals surface area (Å²) < 4.78 is 61.1. The lowest BCUT2D eigenvalue weighted by atomic mass is 10.1. The average Bonchev–Trinajstić information content (AvgIpc) is 3.34. The summed E-state index contributed by atoms with van der Waals surface area (Å²) in [6, 6.07) is 9.34. The smallest absolute Gasteiger partial charge is 0.419 e. The number of rotatable bonds is 6. The number of ether oxygens (including phenoxy) is 1. The molecule has 3 N–H and O–H groups in total. The van der Waals surface area contributed by atoms with Crippen LogP contribution in [0.2, 0.25) is 0 Å². The molecule has 0 saturated carbocycles. The summed E-state index contributed by atoms with van der Waals surface area (Å²) in [6.07, 6.45) is -2.09. The number of amides is 1. The number of halogens is 4. The van der Waals surface area contributed by atoms with Gasteiger partial charge in [-0.3, -0.25) is 9.69 Å². The first-order valence-corrected chi connectivity index (χ1v) is 12.6. The van der Waals surface area contributed by atoms with Gasteiger partial charge in [0, 0.05) is 18.7 Å². The molecule has 2 aromatic carbocycles. The van der Waals surface area contributed by atoms with E-state index in [0.29, 0.717) is 34.9 Å². The van der Waals surface area contributed by atoms with Gasteiger partial charge in [-0.25, -0.2) is 19.0 Å². The molecule has 5 rings (SSSR count). The number of benzene rings is 2. The predicted molar refractivity (Wildman–Crippen MR) is 141 cm³/mol. The second-order valence-corrected chi connectivity index (χ2v) is 9.45. The van der Waals surface area contributed by atoms with Crippen molar-refractivity contribution >= 4 is 28.4 Å². The zero-order chi connectivity index (χ0) is 29.3. The molecule has 41 heavy (non-hydrogen) atoms. The Labute approximate surface area is 231 Å². The number of nitrogen functional groups attached to an aromatic ring is 1. The van der Waals surface area contributed by atoms with Crippen LogP contribution in [0.1, 0.15) is 34.8 Å². The van der Waals surface area contributed by atoms with Gasteiger partial charge in [0.05, 0.1) is 48.0 Å². The maximum Gasteiger partial charge on any atom is 0.419 e. The van der Waals surface area contributed by atoms with Crippen LogP contribution in [0.25, 0.3) is 22.3 Å². The van der Waals surface area contributed by atoms with E-state index in [2.05, 4.69) is 26.3 Å². The lowest BCUT2D eigenvalue weighted by Crippen LogP contribution is -2.35. The van der Waals surface area contributed by atoms with Gasteiger partial charge in [0.15, 0.2) is 5.65 Å². The summed E-state index contributed by atoms with van der Waals surface area (Å²) in [5, 5.41) is 16.8. The molecule has 0 bridgehead atoms. The number of fused-ring (bicyclic) bond motifs is 1. The van der Waals surface area contributed by atoms with Gasteiger partial charge in [0.25, 0.3) is 5.91 Å². The fourth-order valence-electron chi connectivity index (χ4n) is 4.93. The number of methoxy groups -OCH3 is 1. The van der Waals surface area contributed by atoms with Gasteiger partial charge in [-0.1, -0.05) is 12.1 Å². The van der Waals surface area contributed by atoms with E-state index in [1.807, 2.05) is 4.68 Å². The van der Waals surface area contributed by atoms with Crippen LogP contribution in [0.3, 0.4) is 0 Å². The standard InChI is InChI=1S/C27H24F4N8O2/c1-41-20-13-15(5-6-19(20)36-26(40)17-3-2-4-18(22(17)28)27(29,30)31)23-21-24(33)34-14-35-25(21)39(37-23)16-7-10-38(11-8-16)12-9-32/h2-6,13-14,16H,7-8,10-12H2,1H3,(H,36,40)(H2,33,34,35). The first kappa shape index (κ1) is 27.8. The summed E-state index contributed by atoms with van der Waals surface area (Å²) in [5.74, 6) is -2.37. The molecule has 0 spiro atoms. The number of nitrogens with two attached hydrogens (primary N) is 1. The summed E-state index contributed by atoms with van der Waals surface area (Å²) in [5.41, 5.74) is 5.61. The molecule has 3 heterocycles. The number of carbonyl (C=O) groups is 1. The molecule has 0 aliphatic carbocycles. The molecule has 1 fully saturated rings.